The number of aliphatic hydroxyl groups excluding tert-OH is 1. The predicted octanol–water partition coefficient (Wildman–Crippen LogP) is 2.56. The van der Waals surface area contributed by atoms with E-state index in [-0.39, 0.29) is 16.9 Å². The molecule has 0 spiro atoms. The number of fused-ring (bicyclic) bond motifs is 2. The van der Waals surface area contributed by atoms with Crippen LogP contribution in [0.2, 0.25) is 0 Å². The maximum Gasteiger partial charge on any atom is 0.0754 e. The zero-order valence-corrected chi connectivity index (χ0v) is 11.2. The Morgan fingerprint density at radius 3 is 2.50 bits per heavy atom. The number of aliphatic hydroxyl groups is 1. The minimum Gasteiger partial charge on any atom is -0.391 e. The maximum absolute atomic E-state index is 10.5. The quantitative estimate of drug-likeness (QED) is 0.721. The summed E-state index contributed by atoms with van der Waals surface area (Å²) in [5, 5.41) is 14.1. The average Bonchev–Trinajstić information content (AvgIpc) is 2.53. The Kier molecular flexibility index (Phi) is 3.09. The molecule has 4 atom stereocenters. The van der Waals surface area contributed by atoms with Crippen molar-refractivity contribution in [3.63, 3.8) is 0 Å². The van der Waals surface area contributed by atoms with Gasteiger partial charge in [-0.2, -0.15) is 0 Å². The molecule has 4 unspecified atom stereocenters. The fraction of sp³-hybridized carbons (Fsp3) is 1.00. The van der Waals surface area contributed by atoms with Gasteiger partial charge in [0.15, 0.2) is 0 Å². The van der Waals surface area contributed by atoms with Crippen molar-refractivity contribution in [1.29, 1.82) is 0 Å². The van der Waals surface area contributed by atoms with Gasteiger partial charge in [0.1, 0.15) is 0 Å². The Hall–Kier alpha value is -0.0800. The van der Waals surface area contributed by atoms with Gasteiger partial charge in [-0.05, 0) is 37.1 Å². The first kappa shape index (κ1) is 12.4. The number of rotatable bonds is 4. The van der Waals surface area contributed by atoms with Crippen molar-refractivity contribution >= 4 is 0 Å². The second-order valence-electron chi connectivity index (χ2n) is 6.56. The van der Waals surface area contributed by atoms with Crippen LogP contribution < -0.4 is 5.32 Å². The highest BCUT2D eigenvalue weighted by atomic mass is 16.3. The SMILES string of the molecule is CCCCNC1C2CCC(C)(C1O)C2(C)C. The largest absolute Gasteiger partial charge is 0.391 e. The molecule has 2 nitrogen and oxygen atoms in total. The summed E-state index contributed by atoms with van der Waals surface area (Å²) < 4.78 is 0. The third-order valence-electron chi connectivity index (χ3n) is 5.71. The lowest BCUT2D eigenvalue weighted by atomic mass is 9.70. The van der Waals surface area contributed by atoms with Crippen molar-refractivity contribution < 1.29 is 5.11 Å². The molecule has 0 heterocycles. The van der Waals surface area contributed by atoms with Crippen molar-refractivity contribution in [2.24, 2.45) is 16.7 Å². The van der Waals surface area contributed by atoms with Crippen LogP contribution in [0.3, 0.4) is 0 Å². The minimum absolute atomic E-state index is 0.127. The summed E-state index contributed by atoms with van der Waals surface area (Å²) in [6.45, 7) is 10.2. The first-order valence-electron chi connectivity index (χ1n) is 6.86. The normalized spacial score (nSPS) is 45.2. The van der Waals surface area contributed by atoms with Gasteiger partial charge in [0.2, 0.25) is 0 Å². The third kappa shape index (κ3) is 1.46. The van der Waals surface area contributed by atoms with Crippen molar-refractivity contribution in [3.8, 4) is 0 Å². The van der Waals surface area contributed by atoms with E-state index in [4.69, 9.17) is 0 Å². The van der Waals surface area contributed by atoms with Gasteiger partial charge in [-0.25, -0.2) is 0 Å². The summed E-state index contributed by atoms with van der Waals surface area (Å²) in [4.78, 5) is 0. The minimum atomic E-state index is -0.155. The highest BCUT2D eigenvalue weighted by Crippen LogP contribution is 2.65. The summed E-state index contributed by atoms with van der Waals surface area (Å²) in [5.41, 5.74) is 0.415. The first-order chi connectivity index (χ1) is 7.45. The van der Waals surface area contributed by atoms with Gasteiger partial charge in [0, 0.05) is 11.5 Å². The van der Waals surface area contributed by atoms with E-state index in [2.05, 4.69) is 33.0 Å². The molecule has 0 radical (unpaired) electrons. The molecule has 2 rings (SSSR count). The molecule has 2 fully saturated rings. The van der Waals surface area contributed by atoms with Crippen molar-refractivity contribution in [3.05, 3.63) is 0 Å². The number of hydrogen-bond acceptors (Lipinski definition) is 2. The second-order valence-corrected chi connectivity index (χ2v) is 6.56. The van der Waals surface area contributed by atoms with Crippen LogP contribution in [0.4, 0.5) is 0 Å². The lowest BCUT2D eigenvalue weighted by molar-refractivity contribution is 0.000131. The number of nitrogens with one attached hydrogen (secondary N) is 1. The van der Waals surface area contributed by atoms with E-state index in [1.165, 1.54) is 25.7 Å². The molecular formula is C14H27NO. The van der Waals surface area contributed by atoms with E-state index >= 15 is 0 Å². The van der Waals surface area contributed by atoms with Crippen LogP contribution in [0.5, 0.6) is 0 Å². The van der Waals surface area contributed by atoms with E-state index in [1.807, 2.05) is 0 Å². The predicted molar refractivity (Wildman–Crippen MR) is 67.3 cm³/mol. The Morgan fingerprint density at radius 1 is 1.31 bits per heavy atom. The molecule has 2 bridgehead atoms. The summed E-state index contributed by atoms with van der Waals surface area (Å²) >= 11 is 0. The van der Waals surface area contributed by atoms with Crippen molar-refractivity contribution in [1.82, 2.24) is 5.32 Å². The van der Waals surface area contributed by atoms with Gasteiger partial charge < -0.3 is 10.4 Å². The number of unbranched alkanes of at least 4 members (excludes halogenated alkanes) is 1. The Morgan fingerprint density at radius 2 is 2.00 bits per heavy atom. The van der Waals surface area contributed by atoms with Gasteiger partial charge in [-0.1, -0.05) is 34.1 Å². The smallest absolute Gasteiger partial charge is 0.0754 e. The van der Waals surface area contributed by atoms with E-state index in [9.17, 15) is 5.11 Å². The zero-order chi connectivity index (χ0) is 12.0. The fourth-order valence-electron chi connectivity index (χ4n) is 4.04. The molecule has 0 saturated heterocycles. The van der Waals surface area contributed by atoms with Gasteiger partial charge in [-0.15, -0.1) is 0 Å². The van der Waals surface area contributed by atoms with Gasteiger partial charge >= 0.3 is 0 Å². The van der Waals surface area contributed by atoms with Crippen LogP contribution in [0, 0.1) is 16.7 Å². The Bertz CT molecular complexity index is 263. The van der Waals surface area contributed by atoms with E-state index in [0.29, 0.717) is 12.0 Å². The van der Waals surface area contributed by atoms with Crippen molar-refractivity contribution in [2.75, 3.05) is 6.54 Å². The average molecular weight is 225 g/mol. The number of hydrogen-bond donors (Lipinski definition) is 2. The van der Waals surface area contributed by atoms with Gasteiger partial charge in [0.25, 0.3) is 0 Å². The molecule has 0 aromatic rings. The first-order valence-corrected chi connectivity index (χ1v) is 6.86. The molecule has 0 aliphatic heterocycles. The molecule has 2 saturated carbocycles. The molecular weight excluding hydrogens is 198 g/mol. The monoisotopic (exact) mass is 225 g/mol. The lowest BCUT2D eigenvalue weighted by Gasteiger charge is -2.37. The molecule has 2 aliphatic rings. The highest BCUT2D eigenvalue weighted by Gasteiger charge is 2.65. The third-order valence-corrected chi connectivity index (χ3v) is 5.71. The molecule has 16 heavy (non-hydrogen) atoms. The summed E-state index contributed by atoms with van der Waals surface area (Å²) in [5.74, 6) is 0.657. The van der Waals surface area contributed by atoms with E-state index in [1.54, 1.807) is 0 Å². The highest BCUT2D eigenvalue weighted by molar-refractivity contribution is 5.16. The molecule has 2 heteroatoms. The molecule has 2 aliphatic carbocycles. The fourth-order valence-corrected chi connectivity index (χ4v) is 4.04. The second kappa shape index (κ2) is 3.99. The van der Waals surface area contributed by atoms with Crippen LogP contribution in [-0.2, 0) is 0 Å². The summed E-state index contributed by atoms with van der Waals surface area (Å²) in [7, 11) is 0. The molecule has 2 N–H and O–H groups in total. The van der Waals surface area contributed by atoms with E-state index in [0.717, 1.165) is 6.54 Å². The molecule has 0 aromatic carbocycles. The van der Waals surface area contributed by atoms with E-state index < -0.39 is 0 Å². The van der Waals surface area contributed by atoms with Crippen molar-refractivity contribution in [2.45, 2.75) is 65.5 Å². The van der Waals surface area contributed by atoms with Crippen LogP contribution >= 0.6 is 0 Å². The summed E-state index contributed by atoms with van der Waals surface area (Å²) in [6.07, 6.45) is 4.76. The van der Waals surface area contributed by atoms with Crippen LogP contribution in [-0.4, -0.2) is 23.8 Å². The zero-order valence-electron chi connectivity index (χ0n) is 11.2. The summed E-state index contributed by atoms with van der Waals surface area (Å²) in [6, 6.07) is 0.334. The Balaban J connectivity index is 2.07. The maximum atomic E-state index is 10.5. The lowest BCUT2D eigenvalue weighted by Crippen LogP contribution is -2.47. The molecule has 0 amide bonds. The van der Waals surface area contributed by atoms with Crippen LogP contribution in [0.1, 0.15) is 53.4 Å². The standard InChI is InChI=1S/C14H27NO/c1-5-6-9-15-11-10-7-8-14(4,12(11)16)13(10,2)3/h10-12,15-16H,5-9H2,1-4H3. The molecule has 94 valence electrons. The van der Waals surface area contributed by atoms with Crippen LogP contribution in [0.25, 0.3) is 0 Å². The molecule has 0 aromatic heterocycles. The van der Waals surface area contributed by atoms with Gasteiger partial charge in [-0.3, -0.25) is 0 Å². The van der Waals surface area contributed by atoms with Gasteiger partial charge in [0.05, 0.1) is 6.10 Å². The van der Waals surface area contributed by atoms with Crippen LogP contribution in [0.15, 0.2) is 0 Å². The topological polar surface area (TPSA) is 32.3 Å². The Labute approximate surface area is 99.8 Å².